The molecule has 0 fully saturated rings. The second-order valence-corrected chi connectivity index (χ2v) is 3.41. The smallest absolute Gasteiger partial charge is 1.00 e. The molecular weight excluding hydrogens is 306 g/mol. The van der Waals surface area contributed by atoms with Gasteiger partial charge in [-0.3, -0.25) is 0 Å². The van der Waals surface area contributed by atoms with Gasteiger partial charge in [-0.05, 0) is 22.6 Å². The summed E-state index contributed by atoms with van der Waals surface area (Å²) in [6.07, 6.45) is 1.17. The van der Waals surface area contributed by atoms with Crippen molar-refractivity contribution in [3.8, 4) is 0 Å². The van der Waals surface area contributed by atoms with Crippen LogP contribution in [0.4, 0.5) is 4.39 Å². The number of aromatic nitrogens is 1. The molecule has 0 amide bonds. The van der Waals surface area contributed by atoms with E-state index in [1.807, 2.05) is 0 Å². The summed E-state index contributed by atoms with van der Waals surface area (Å²) in [4.78, 5) is 13.9. The van der Waals surface area contributed by atoms with E-state index in [9.17, 15) is 9.18 Å². The fraction of sp³-hybridized carbons (Fsp3) is 0. The van der Waals surface area contributed by atoms with E-state index in [0.29, 0.717) is 0 Å². The van der Waals surface area contributed by atoms with Gasteiger partial charge in [0.2, 0.25) is 0 Å². The molecule has 0 saturated carbocycles. The van der Waals surface area contributed by atoms with Gasteiger partial charge in [-0.15, -0.1) is 0 Å². The van der Waals surface area contributed by atoms with E-state index in [4.69, 9.17) is 16.7 Å². The third kappa shape index (κ3) is 2.81. The molecular formula is C6H3ClFILiNO2. The Kier molecular flexibility index (Phi) is 5.21. The van der Waals surface area contributed by atoms with Crippen LogP contribution in [-0.4, -0.2) is 16.1 Å². The normalized spacial score (nSPS) is 9.15. The van der Waals surface area contributed by atoms with Gasteiger partial charge in [0.15, 0.2) is 5.82 Å². The standard InChI is InChI=1S/C6H2ClFINO2.Li.H/c7-5-3(6(11)12)4(8)2(9)1-10-5;;/h1H,(H,11,12);;/q;+1;-1. The molecule has 0 aliphatic rings. The molecule has 0 atom stereocenters. The molecule has 1 rings (SSSR count). The Morgan fingerprint density at radius 2 is 2.31 bits per heavy atom. The minimum atomic E-state index is -1.41. The van der Waals surface area contributed by atoms with Crippen LogP contribution in [0.3, 0.4) is 0 Å². The zero-order valence-corrected chi connectivity index (χ0v) is 9.43. The summed E-state index contributed by atoms with van der Waals surface area (Å²) in [6.45, 7) is 0. The third-order valence-electron chi connectivity index (χ3n) is 1.14. The van der Waals surface area contributed by atoms with Gasteiger partial charge in [-0.2, -0.15) is 0 Å². The topological polar surface area (TPSA) is 50.2 Å². The first-order valence-corrected chi connectivity index (χ1v) is 4.22. The fourth-order valence-electron chi connectivity index (χ4n) is 0.627. The van der Waals surface area contributed by atoms with E-state index in [2.05, 4.69) is 4.98 Å². The molecule has 7 heteroatoms. The Hall–Kier alpha value is 0.167. The van der Waals surface area contributed by atoms with Crippen molar-refractivity contribution in [2.45, 2.75) is 0 Å². The number of carbonyl (C=O) groups is 1. The van der Waals surface area contributed by atoms with Gasteiger partial charge in [0, 0.05) is 6.20 Å². The van der Waals surface area contributed by atoms with Gasteiger partial charge in [0.25, 0.3) is 0 Å². The second kappa shape index (κ2) is 5.15. The molecule has 0 radical (unpaired) electrons. The fourth-order valence-corrected chi connectivity index (χ4v) is 1.25. The van der Waals surface area contributed by atoms with Crippen LogP contribution < -0.4 is 18.9 Å². The first-order valence-electron chi connectivity index (χ1n) is 2.77. The van der Waals surface area contributed by atoms with Gasteiger partial charge in [0.05, 0.1) is 3.57 Å². The Morgan fingerprint density at radius 1 is 1.77 bits per heavy atom. The summed E-state index contributed by atoms with van der Waals surface area (Å²) < 4.78 is 13.1. The zero-order valence-electron chi connectivity index (χ0n) is 7.51. The van der Waals surface area contributed by atoms with Gasteiger partial charge in [0.1, 0.15) is 10.7 Å². The monoisotopic (exact) mass is 309 g/mol. The largest absolute Gasteiger partial charge is 1.00 e. The number of carboxylic acid groups (broad SMARTS) is 1. The summed E-state index contributed by atoms with van der Waals surface area (Å²) in [5.74, 6) is -2.26. The SMILES string of the molecule is O=C(O)c1c(Cl)ncc(I)c1F.[H-].[Li+]. The first kappa shape index (κ1) is 13.2. The molecule has 3 nitrogen and oxygen atoms in total. The van der Waals surface area contributed by atoms with Crippen molar-refractivity contribution in [1.29, 1.82) is 0 Å². The molecule has 0 aliphatic heterocycles. The third-order valence-corrected chi connectivity index (χ3v) is 2.18. The molecule has 1 aromatic rings. The van der Waals surface area contributed by atoms with Crippen LogP contribution in [0, 0.1) is 9.39 Å². The Labute approximate surface area is 105 Å². The van der Waals surface area contributed by atoms with Crippen LogP contribution >= 0.6 is 34.2 Å². The van der Waals surface area contributed by atoms with Crippen LogP contribution in [-0.2, 0) is 0 Å². The van der Waals surface area contributed by atoms with Crippen molar-refractivity contribution in [1.82, 2.24) is 4.98 Å². The average Bonchev–Trinajstić information content (AvgIpc) is 1.97. The Bertz CT molecular complexity index is 355. The van der Waals surface area contributed by atoms with Crippen LogP contribution in [0.5, 0.6) is 0 Å². The van der Waals surface area contributed by atoms with E-state index in [1.54, 1.807) is 22.6 Å². The number of pyridine rings is 1. The van der Waals surface area contributed by atoms with Crippen LogP contribution in [0.15, 0.2) is 6.20 Å². The van der Waals surface area contributed by atoms with Crippen molar-refractivity contribution in [3.63, 3.8) is 0 Å². The van der Waals surface area contributed by atoms with Gasteiger partial charge < -0.3 is 6.53 Å². The molecule has 1 heterocycles. The summed E-state index contributed by atoms with van der Waals surface area (Å²) in [7, 11) is 0. The second-order valence-electron chi connectivity index (χ2n) is 1.89. The maximum absolute atomic E-state index is 13.0. The summed E-state index contributed by atoms with van der Waals surface area (Å²) in [6, 6.07) is 0. The van der Waals surface area contributed by atoms with E-state index in [-0.39, 0.29) is 29.0 Å². The molecule has 0 bridgehead atoms. The van der Waals surface area contributed by atoms with Crippen molar-refractivity contribution in [2.75, 3.05) is 0 Å². The van der Waals surface area contributed by atoms with Crippen LogP contribution in [0.1, 0.15) is 11.8 Å². The average molecular weight is 309 g/mol. The molecule has 66 valence electrons. The predicted molar refractivity (Wildman–Crippen MR) is 50.0 cm³/mol. The summed E-state index contributed by atoms with van der Waals surface area (Å²) in [5.41, 5.74) is -0.580. The number of aromatic carboxylic acids is 1. The molecule has 0 spiro atoms. The van der Waals surface area contributed by atoms with Crippen molar-refractivity contribution >= 4 is 40.2 Å². The van der Waals surface area contributed by atoms with E-state index in [0.717, 1.165) is 0 Å². The number of nitrogens with zero attached hydrogens (tertiary/aromatic N) is 1. The number of halogens is 3. The Balaban J connectivity index is 0. The molecule has 0 saturated heterocycles. The van der Waals surface area contributed by atoms with Crippen LogP contribution in [0.2, 0.25) is 5.15 Å². The molecule has 13 heavy (non-hydrogen) atoms. The van der Waals surface area contributed by atoms with E-state index < -0.39 is 17.3 Å². The molecule has 1 N–H and O–H groups in total. The maximum Gasteiger partial charge on any atom is 1.00 e. The van der Waals surface area contributed by atoms with Gasteiger partial charge in [-0.1, -0.05) is 11.6 Å². The van der Waals surface area contributed by atoms with Crippen LogP contribution in [0.25, 0.3) is 0 Å². The van der Waals surface area contributed by atoms with Crippen molar-refractivity contribution in [2.24, 2.45) is 0 Å². The Morgan fingerprint density at radius 3 is 2.69 bits per heavy atom. The number of rotatable bonds is 1. The molecule has 0 aromatic carbocycles. The minimum absolute atomic E-state index is 0. The van der Waals surface area contributed by atoms with Gasteiger partial charge in [-0.25, -0.2) is 14.2 Å². The number of hydrogen-bond acceptors (Lipinski definition) is 2. The predicted octanol–water partition coefficient (Wildman–Crippen LogP) is -0.707. The summed E-state index contributed by atoms with van der Waals surface area (Å²) in [5, 5.41) is 8.17. The summed E-state index contributed by atoms with van der Waals surface area (Å²) >= 11 is 7.00. The van der Waals surface area contributed by atoms with Gasteiger partial charge >= 0.3 is 24.8 Å². The first-order chi connectivity index (χ1) is 5.54. The van der Waals surface area contributed by atoms with Crippen molar-refractivity contribution < 1.29 is 34.6 Å². The molecule has 0 aliphatic carbocycles. The number of hydrogen-bond donors (Lipinski definition) is 1. The molecule has 1 aromatic heterocycles. The molecule has 0 unspecified atom stereocenters. The maximum atomic E-state index is 13.0. The van der Waals surface area contributed by atoms with Crippen molar-refractivity contribution in [3.05, 3.63) is 26.3 Å². The zero-order chi connectivity index (χ0) is 9.30. The number of carboxylic acids is 1. The van der Waals surface area contributed by atoms with E-state index in [1.165, 1.54) is 6.20 Å². The minimum Gasteiger partial charge on any atom is -1.00 e. The van der Waals surface area contributed by atoms with E-state index >= 15 is 0 Å². The quantitative estimate of drug-likeness (QED) is 0.424.